The van der Waals surface area contributed by atoms with Crippen LogP contribution in [0.2, 0.25) is 0 Å². The molecular formula is C22H24FN3O4S. The summed E-state index contributed by atoms with van der Waals surface area (Å²) in [5.41, 5.74) is 2.29. The number of aryl methyl sites for hydroxylation is 1. The molecule has 3 aromatic rings. The lowest BCUT2D eigenvalue weighted by molar-refractivity contribution is -0.116. The zero-order valence-electron chi connectivity index (χ0n) is 17.3. The van der Waals surface area contributed by atoms with Crippen molar-refractivity contribution in [1.29, 1.82) is 0 Å². The van der Waals surface area contributed by atoms with Gasteiger partial charge in [0.15, 0.2) is 11.7 Å². The first kappa shape index (κ1) is 22.5. The predicted octanol–water partition coefficient (Wildman–Crippen LogP) is 4.51. The van der Waals surface area contributed by atoms with Crippen LogP contribution in [-0.4, -0.2) is 25.1 Å². The van der Waals surface area contributed by atoms with E-state index >= 15 is 0 Å². The van der Waals surface area contributed by atoms with Crippen molar-refractivity contribution in [3.8, 4) is 11.3 Å². The summed E-state index contributed by atoms with van der Waals surface area (Å²) in [6.45, 7) is 3.53. The topological polar surface area (TPSA) is 101 Å². The summed E-state index contributed by atoms with van der Waals surface area (Å²) in [6, 6.07) is 10.9. The highest BCUT2D eigenvalue weighted by Crippen LogP contribution is 2.25. The van der Waals surface area contributed by atoms with Gasteiger partial charge in [0.05, 0.1) is 17.6 Å². The van der Waals surface area contributed by atoms with Gasteiger partial charge in [0, 0.05) is 24.1 Å². The second-order valence-corrected chi connectivity index (χ2v) is 8.91. The maximum atomic E-state index is 13.0. The van der Waals surface area contributed by atoms with E-state index < -0.39 is 10.0 Å². The first-order valence-corrected chi connectivity index (χ1v) is 11.5. The van der Waals surface area contributed by atoms with Gasteiger partial charge in [-0.15, -0.1) is 0 Å². The standard InChI is InChI=1S/C22H24FN3O4S/c1-3-13-31(28,29)26-19-6-4-5-18(15(19)2)25-21(27)11-12-22-24-14-20(30-22)16-7-9-17(23)10-8-16/h4-10,14,26H,3,11-13H2,1-2H3,(H,25,27). The van der Waals surface area contributed by atoms with Gasteiger partial charge < -0.3 is 9.73 Å². The Balaban J connectivity index is 1.60. The van der Waals surface area contributed by atoms with E-state index in [9.17, 15) is 17.6 Å². The number of carbonyl (C=O) groups is 1. The number of rotatable bonds is 9. The number of nitrogens with zero attached hydrogens (tertiary/aromatic N) is 1. The maximum Gasteiger partial charge on any atom is 0.232 e. The lowest BCUT2D eigenvalue weighted by Crippen LogP contribution is -2.18. The third kappa shape index (κ3) is 6.14. The number of hydrogen-bond acceptors (Lipinski definition) is 5. The molecule has 0 aliphatic carbocycles. The third-order valence-corrected chi connectivity index (χ3v) is 6.07. The van der Waals surface area contributed by atoms with E-state index in [2.05, 4.69) is 15.0 Å². The number of anilines is 2. The number of nitrogens with one attached hydrogen (secondary N) is 2. The highest BCUT2D eigenvalue weighted by Gasteiger charge is 2.14. The number of oxazole rings is 1. The Labute approximate surface area is 180 Å². The summed E-state index contributed by atoms with van der Waals surface area (Å²) in [5.74, 6) is 0.334. The van der Waals surface area contributed by atoms with E-state index in [1.165, 1.54) is 18.3 Å². The van der Waals surface area contributed by atoms with Crippen LogP contribution in [0.25, 0.3) is 11.3 Å². The average molecular weight is 446 g/mol. The fourth-order valence-corrected chi connectivity index (χ4v) is 4.17. The van der Waals surface area contributed by atoms with Gasteiger partial charge in [0.1, 0.15) is 5.82 Å². The first-order chi connectivity index (χ1) is 14.8. The van der Waals surface area contributed by atoms with Gasteiger partial charge in [-0.2, -0.15) is 0 Å². The van der Waals surface area contributed by atoms with Crippen LogP contribution in [0.5, 0.6) is 0 Å². The van der Waals surface area contributed by atoms with Gasteiger partial charge in [0.2, 0.25) is 15.9 Å². The van der Waals surface area contributed by atoms with Gasteiger partial charge in [-0.05, 0) is 55.3 Å². The Kier molecular flexibility index (Phi) is 7.06. The lowest BCUT2D eigenvalue weighted by Gasteiger charge is -2.14. The summed E-state index contributed by atoms with van der Waals surface area (Å²) in [5, 5.41) is 2.80. The van der Waals surface area contributed by atoms with Crippen LogP contribution in [0, 0.1) is 12.7 Å². The van der Waals surface area contributed by atoms with Crippen molar-refractivity contribution in [1.82, 2.24) is 4.98 Å². The molecule has 0 fully saturated rings. The molecule has 1 aromatic heterocycles. The molecule has 7 nitrogen and oxygen atoms in total. The Morgan fingerprint density at radius 2 is 1.84 bits per heavy atom. The number of sulfonamides is 1. The van der Waals surface area contributed by atoms with Crippen LogP contribution in [0.15, 0.2) is 53.1 Å². The molecule has 0 saturated heterocycles. The molecule has 0 aliphatic rings. The highest BCUT2D eigenvalue weighted by molar-refractivity contribution is 7.92. The third-order valence-electron chi connectivity index (χ3n) is 4.59. The largest absolute Gasteiger partial charge is 0.441 e. The van der Waals surface area contributed by atoms with E-state index in [0.717, 1.165) is 0 Å². The minimum atomic E-state index is -3.43. The van der Waals surface area contributed by atoms with Gasteiger partial charge >= 0.3 is 0 Å². The van der Waals surface area contributed by atoms with Crippen LogP contribution in [0.3, 0.4) is 0 Å². The van der Waals surface area contributed by atoms with Crippen molar-refractivity contribution in [2.45, 2.75) is 33.1 Å². The van der Waals surface area contributed by atoms with Crippen molar-refractivity contribution >= 4 is 27.3 Å². The van der Waals surface area contributed by atoms with Crippen molar-refractivity contribution in [2.24, 2.45) is 0 Å². The van der Waals surface area contributed by atoms with E-state index in [4.69, 9.17) is 4.42 Å². The first-order valence-electron chi connectivity index (χ1n) is 9.88. The zero-order chi connectivity index (χ0) is 22.4. The molecule has 0 aliphatic heterocycles. The van der Waals surface area contributed by atoms with Crippen LogP contribution in [-0.2, 0) is 21.2 Å². The molecule has 1 amide bonds. The second kappa shape index (κ2) is 9.74. The smallest absolute Gasteiger partial charge is 0.232 e. The molecule has 2 aromatic carbocycles. The minimum Gasteiger partial charge on any atom is -0.441 e. The Morgan fingerprint density at radius 3 is 2.55 bits per heavy atom. The summed E-state index contributed by atoms with van der Waals surface area (Å²) in [6.07, 6.45) is 2.47. The molecule has 2 N–H and O–H groups in total. The highest BCUT2D eigenvalue weighted by atomic mass is 32.2. The normalized spacial score (nSPS) is 11.3. The molecule has 0 saturated carbocycles. The fraction of sp³-hybridized carbons (Fsp3) is 0.273. The summed E-state index contributed by atoms with van der Waals surface area (Å²) in [7, 11) is -3.43. The Morgan fingerprint density at radius 1 is 1.13 bits per heavy atom. The molecule has 0 radical (unpaired) electrons. The molecule has 164 valence electrons. The Bertz CT molecular complexity index is 1160. The number of hydrogen-bond donors (Lipinski definition) is 2. The Hall–Kier alpha value is -3.20. The van der Waals surface area contributed by atoms with Crippen LogP contribution < -0.4 is 10.0 Å². The summed E-state index contributed by atoms with van der Waals surface area (Å²) < 4.78 is 45.3. The van der Waals surface area contributed by atoms with Gasteiger partial charge in [0.25, 0.3) is 0 Å². The van der Waals surface area contributed by atoms with Crippen molar-refractivity contribution in [2.75, 3.05) is 15.8 Å². The minimum absolute atomic E-state index is 0.0269. The monoisotopic (exact) mass is 445 g/mol. The number of aromatic nitrogens is 1. The van der Waals surface area contributed by atoms with Crippen molar-refractivity contribution < 1.29 is 22.0 Å². The summed E-state index contributed by atoms with van der Waals surface area (Å²) in [4.78, 5) is 16.6. The van der Waals surface area contributed by atoms with Gasteiger partial charge in [-0.3, -0.25) is 9.52 Å². The SMILES string of the molecule is CCCS(=O)(=O)Nc1cccc(NC(=O)CCc2ncc(-c3ccc(F)cc3)o2)c1C. The van der Waals surface area contributed by atoms with E-state index in [0.29, 0.717) is 40.6 Å². The molecule has 0 spiro atoms. The zero-order valence-corrected chi connectivity index (χ0v) is 18.1. The number of amides is 1. The lowest BCUT2D eigenvalue weighted by atomic mass is 10.1. The molecule has 9 heteroatoms. The van der Waals surface area contributed by atoms with Gasteiger partial charge in [-0.1, -0.05) is 13.0 Å². The quantitative estimate of drug-likeness (QED) is 0.505. The van der Waals surface area contributed by atoms with Crippen LogP contribution in [0.1, 0.15) is 31.2 Å². The molecule has 3 rings (SSSR count). The molecule has 0 atom stereocenters. The average Bonchev–Trinajstić information content (AvgIpc) is 3.19. The fourth-order valence-electron chi connectivity index (χ4n) is 2.98. The van der Waals surface area contributed by atoms with Crippen molar-refractivity contribution in [3.05, 3.63) is 65.9 Å². The maximum absolute atomic E-state index is 13.0. The number of benzene rings is 2. The van der Waals surface area contributed by atoms with Crippen LogP contribution >= 0.6 is 0 Å². The summed E-state index contributed by atoms with van der Waals surface area (Å²) >= 11 is 0. The number of carbonyl (C=O) groups excluding carboxylic acids is 1. The number of halogens is 1. The predicted molar refractivity (Wildman–Crippen MR) is 118 cm³/mol. The van der Waals surface area contributed by atoms with Gasteiger partial charge in [-0.25, -0.2) is 17.8 Å². The second-order valence-electron chi connectivity index (χ2n) is 7.07. The molecular weight excluding hydrogens is 421 g/mol. The molecule has 0 bridgehead atoms. The van der Waals surface area contributed by atoms with E-state index in [1.54, 1.807) is 44.2 Å². The molecule has 0 unspecified atom stereocenters. The van der Waals surface area contributed by atoms with E-state index in [1.807, 2.05) is 0 Å². The molecule has 1 heterocycles. The van der Waals surface area contributed by atoms with E-state index in [-0.39, 0.29) is 30.3 Å². The van der Waals surface area contributed by atoms with Crippen LogP contribution in [0.4, 0.5) is 15.8 Å². The van der Waals surface area contributed by atoms with Crippen molar-refractivity contribution in [3.63, 3.8) is 0 Å². The molecule has 31 heavy (non-hydrogen) atoms.